The molecule has 0 unspecified atom stereocenters. The zero-order valence-electron chi connectivity index (χ0n) is 34.9. The number of hydrogen-bond acceptors (Lipinski definition) is 6. The van der Waals surface area contributed by atoms with Crippen molar-refractivity contribution in [2.45, 2.75) is 32.8 Å². The second kappa shape index (κ2) is 14.6. The van der Waals surface area contributed by atoms with Crippen LogP contribution in [0.3, 0.4) is 0 Å². The number of aromatic nitrogens is 3. The van der Waals surface area contributed by atoms with Gasteiger partial charge in [0, 0.05) is 22.9 Å². The first-order valence-electron chi connectivity index (χ1n) is 20.0. The van der Waals surface area contributed by atoms with E-state index in [1.165, 1.54) is 0 Å². The number of pyridine rings is 1. The number of rotatable bonds is 9. The molecule has 6 aromatic carbocycles. The Morgan fingerprint density at radius 3 is 2.22 bits per heavy atom. The Labute approximate surface area is 321 Å². The molecular weight excluding hydrogens is 671 g/mol. The first kappa shape index (κ1) is 29.1. The summed E-state index contributed by atoms with van der Waals surface area (Å²) in [5, 5.41) is 24.1. The largest absolute Gasteiger partial charge is 0.507 e. The van der Waals surface area contributed by atoms with Crippen molar-refractivity contribution < 1.29 is 27.1 Å². The molecule has 54 heavy (non-hydrogen) atoms. The van der Waals surface area contributed by atoms with Crippen LogP contribution >= 0.6 is 0 Å². The van der Waals surface area contributed by atoms with Crippen LogP contribution in [0.25, 0.3) is 72.7 Å². The minimum absolute atomic E-state index is 0.00448. The van der Waals surface area contributed by atoms with Gasteiger partial charge in [0.15, 0.2) is 0 Å². The summed E-state index contributed by atoms with van der Waals surface area (Å²) < 4.78 is 43.8. The Morgan fingerprint density at radius 2 is 1.44 bits per heavy atom. The number of benzene rings is 6. The van der Waals surface area contributed by atoms with E-state index in [2.05, 4.69) is 37.9 Å². The Balaban J connectivity index is 1.37. The first-order valence-corrected chi connectivity index (χ1v) is 17.5. The summed E-state index contributed by atoms with van der Waals surface area (Å²) in [6.07, 6.45) is 1.59. The fourth-order valence-corrected chi connectivity index (χ4v) is 6.73. The van der Waals surface area contributed by atoms with Crippen LogP contribution < -0.4 is 0 Å². The van der Waals surface area contributed by atoms with E-state index < -0.39 is 18.1 Å². The molecule has 2 N–H and O–H groups in total. The molecule has 0 aliphatic heterocycles. The highest BCUT2D eigenvalue weighted by Crippen LogP contribution is 2.41. The monoisotopic (exact) mass is 714 g/mol. The number of fused-ring (bicyclic) bond motifs is 1. The molecule has 0 saturated carbocycles. The molecule has 0 aliphatic rings. The third kappa shape index (κ3) is 6.79. The van der Waals surface area contributed by atoms with Crippen molar-refractivity contribution in [3.05, 3.63) is 169 Å². The highest BCUT2D eigenvalue weighted by molar-refractivity contribution is 5.97. The van der Waals surface area contributed by atoms with Gasteiger partial charge in [-0.25, -0.2) is 15.1 Å². The highest BCUT2D eigenvalue weighted by Gasteiger charge is 2.23. The second-order valence-electron chi connectivity index (χ2n) is 14.0. The van der Waals surface area contributed by atoms with E-state index in [0.717, 1.165) is 50.1 Å². The molecule has 0 radical (unpaired) electrons. The lowest BCUT2D eigenvalue weighted by Crippen LogP contribution is -2.11. The van der Waals surface area contributed by atoms with Gasteiger partial charge in [0.05, 0.1) is 34.8 Å². The van der Waals surface area contributed by atoms with Crippen LogP contribution in [0.4, 0.5) is 0 Å². The number of aromatic hydroxyl groups is 1. The van der Waals surface area contributed by atoms with Crippen molar-refractivity contribution in [1.29, 1.82) is 0 Å². The van der Waals surface area contributed by atoms with Gasteiger partial charge in [0.25, 0.3) is 0 Å². The summed E-state index contributed by atoms with van der Waals surface area (Å²) in [5.74, 6) is 0.588. The van der Waals surface area contributed by atoms with Gasteiger partial charge in [-0.05, 0) is 93.4 Å². The van der Waals surface area contributed by atoms with Crippen LogP contribution in [-0.4, -0.2) is 24.9 Å². The predicted molar refractivity (Wildman–Crippen MR) is 215 cm³/mol. The van der Waals surface area contributed by atoms with Crippen LogP contribution in [0.5, 0.6) is 5.75 Å². The molecule has 0 spiro atoms. The SMILES string of the molecule is [2H]c1c([2H])c([2H])c(-c2ccnc(-c3cc(-c4cccc5c4nc(-c4ccccc4O)n5-c4ccc(COOO)cc4-c4ccccc4)cc(C(C)(C)C)c3)c2)c([2H])c1[2H]. The molecule has 2 heterocycles. The van der Waals surface area contributed by atoms with E-state index in [-0.39, 0.29) is 35.4 Å². The van der Waals surface area contributed by atoms with Crippen molar-refractivity contribution in [3.8, 4) is 67.5 Å². The molecule has 7 nitrogen and oxygen atoms in total. The Hall–Kier alpha value is -6.38. The molecular formula is C47H39N3O4. The average Bonchev–Trinajstić information content (AvgIpc) is 3.63. The molecule has 0 saturated heterocycles. The van der Waals surface area contributed by atoms with Gasteiger partial charge in [-0.1, -0.05) is 123 Å². The smallest absolute Gasteiger partial charge is 0.149 e. The van der Waals surface area contributed by atoms with E-state index in [9.17, 15) is 5.11 Å². The van der Waals surface area contributed by atoms with Crippen molar-refractivity contribution in [3.63, 3.8) is 0 Å². The number of hydrogen-bond donors (Lipinski definition) is 2. The van der Waals surface area contributed by atoms with Gasteiger partial charge in [-0.15, -0.1) is 0 Å². The summed E-state index contributed by atoms with van der Waals surface area (Å²) >= 11 is 0. The Bertz CT molecular complexity index is 2860. The van der Waals surface area contributed by atoms with Gasteiger partial charge >= 0.3 is 0 Å². The maximum atomic E-state index is 11.3. The topological polar surface area (TPSA) is 89.6 Å². The quantitative estimate of drug-likeness (QED) is 0.114. The summed E-state index contributed by atoms with van der Waals surface area (Å²) in [6, 6.07) is 36.7. The van der Waals surface area contributed by atoms with E-state index in [1.807, 2.05) is 89.5 Å². The fraction of sp³-hybridized carbons (Fsp3) is 0.106. The molecule has 8 aromatic rings. The van der Waals surface area contributed by atoms with Crippen LogP contribution in [-0.2, 0) is 21.9 Å². The fourth-order valence-electron chi connectivity index (χ4n) is 6.73. The molecule has 0 amide bonds. The van der Waals surface area contributed by atoms with Gasteiger partial charge in [-0.2, -0.15) is 0 Å². The zero-order chi connectivity index (χ0) is 41.6. The van der Waals surface area contributed by atoms with Crippen molar-refractivity contribution in [2.24, 2.45) is 0 Å². The lowest BCUT2D eigenvalue weighted by Gasteiger charge is -2.22. The molecule has 0 fully saturated rings. The normalized spacial score (nSPS) is 12.9. The minimum atomic E-state index is -0.446. The second-order valence-corrected chi connectivity index (χ2v) is 14.0. The molecule has 0 bridgehead atoms. The third-order valence-electron chi connectivity index (χ3n) is 9.45. The Morgan fingerprint density at radius 1 is 0.685 bits per heavy atom. The molecule has 2 aromatic heterocycles. The van der Waals surface area contributed by atoms with Crippen molar-refractivity contribution >= 4 is 11.0 Å². The van der Waals surface area contributed by atoms with Crippen LogP contribution in [0.2, 0.25) is 0 Å². The number of para-hydroxylation sites is 2. The maximum Gasteiger partial charge on any atom is 0.149 e. The molecule has 7 heteroatoms. The lowest BCUT2D eigenvalue weighted by atomic mass is 9.83. The molecule has 0 aliphatic carbocycles. The summed E-state index contributed by atoms with van der Waals surface area (Å²) in [6.45, 7) is 6.39. The predicted octanol–water partition coefficient (Wildman–Crippen LogP) is 11.7. The molecule has 8 rings (SSSR count). The lowest BCUT2D eigenvalue weighted by molar-refractivity contribution is -0.496. The maximum absolute atomic E-state index is 11.3. The Kier molecular flexibility index (Phi) is 7.85. The van der Waals surface area contributed by atoms with E-state index in [0.29, 0.717) is 28.2 Å². The van der Waals surface area contributed by atoms with Gasteiger partial charge in [0.2, 0.25) is 0 Å². The average molecular weight is 715 g/mol. The minimum Gasteiger partial charge on any atom is -0.507 e. The third-order valence-corrected chi connectivity index (χ3v) is 9.45. The molecule has 266 valence electrons. The number of phenols is 1. The van der Waals surface area contributed by atoms with E-state index in [4.69, 9.17) is 27.0 Å². The summed E-state index contributed by atoms with van der Waals surface area (Å²) in [7, 11) is 0. The number of phenolic OH excluding ortho intramolecular Hbond substituents is 1. The van der Waals surface area contributed by atoms with Gasteiger partial charge < -0.3 is 5.11 Å². The van der Waals surface area contributed by atoms with Crippen LogP contribution in [0.15, 0.2) is 158 Å². The number of nitrogens with zero attached hydrogens (tertiary/aromatic N) is 3. The van der Waals surface area contributed by atoms with Crippen molar-refractivity contribution in [2.75, 3.05) is 0 Å². The molecule has 0 atom stereocenters. The standard InChI is InChI=1S/C47H39N3O4/c1-47(2,3)37-27-35(26-36(28-37)41-29-34(23-24-48-41)32-13-6-4-7-14-32)38-18-12-19-43-45(38)49-46(39-17-10-11-20-44(39)51)50(43)42-22-21-31(30-53-54-52)25-40(42)33-15-8-5-9-16-33/h4-29,51-52H,30H2,1-3H3/i4D,6D,7D,13D,14D. The zero-order valence-corrected chi connectivity index (χ0v) is 29.9. The summed E-state index contributed by atoms with van der Waals surface area (Å²) in [4.78, 5) is 14.9. The van der Waals surface area contributed by atoms with Crippen LogP contribution in [0, 0.1) is 0 Å². The van der Waals surface area contributed by atoms with Gasteiger partial charge in [0.1, 0.15) is 18.2 Å². The van der Waals surface area contributed by atoms with Crippen LogP contribution in [0.1, 0.15) is 38.8 Å². The van der Waals surface area contributed by atoms with E-state index in [1.54, 1.807) is 30.5 Å². The number of imidazole rings is 1. The highest BCUT2D eigenvalue weighted by atomic mass is 17.5. The van der Waals surface area contributed by atoms with Gasteiger partial charge in [-0.3, -0.25) is 9.55 Å². The van der Waals surface area contributed by atoms with Crippen molar-refractivity contribution in [1.82, 2.24) is 14.5 Å². The first-order chi connectivity index (χ1) is 28.3. The van der Waals surface area contributed by atoms with E-state index >= 15 is 0 Å². The summed E-state index contributed by atoms with van der Waals surface area (Å²) in [5.41, 5.74) is 9.66.